The van der Waals surface area contributed by atoms with Crippen LogP contribution in [0.1, 0.15) is 29.2 Å². The Balaban J connectivity index is 1.83. The normalized spacial score (nSPS) is 16.5. The van der Waals surface area contributed by atoms with Crippen LogP contribution in [0.15, 0.2) is 78.9 Å². The molecule has 0 aromatic heterocycles. The Morgan fingerprint density at radius 2 is 1.17 bits per heavy atom. The first kappa shape index (κ1) is 12.9. The lowest BCUT2D eigenvalue weighted by Crippen LogP contribution is -2.22. The van der Waals surface area contributed by atoms with Crippen molar-refractivity contribution in [3.05, 3.63) is 101 Å². The summed E-state index contributed by atoms with van der Waals surface area (Å²) in [5.41, 5.74) is 9.91. The highest BCUT2D eigenvalue weighted by molar-refractivity contribution is 5.93. The Labute approximate surface area is 137 Å². The van der Waals surface area contributed by atoms with Gasteiger partial charge in [-0.3, -0.25) is 0 Å². The Kier molecular flexibility index (Phi) is 2.50. The molecule has 2 aliphatic carbocycles. The molecule has 0 amide bonds. The average molecular weight is 294 g/mol. The van der Waals surface area contributed by atoms with Crippen LogP contribution in [0.2, 0.25) is 0 Å². The maximum absolute atomic E-state index is 2.43. The monoisotopic (exact) mass is 294 g/mol. The third-order valence-corrected chi connectivity index (χ3v) is 5.59. The minimum absolute atomic E-state index is 0.0558. The van der Waals surface area contributed by atoms with E-state index in [2.05, 4.69) is 85.8 Å². The highest BCUT2D eigenvalue weighted by Gasteiger charge is 2.43. The molecule has 0 heterocycles. The van der Waals surface area contributed by atoms with Crippen LogP contribution in [0.5, 0.6) is 0 Å². The molecule has 0 spiro atoms. The molecule has 0 aliphatic heterocycles. The van der Waals surface area contributed by atoms with Crippen LogP contribution in [-0.4, -0.2) is 0 Å². The van der Waals surface area contributed by atoms with Crippen molar-refractivity contribution < 1.29 is 0 Å². The number of rotatable bonds is 1. The first-order chi connectivity index (χ1) is 11.3. The van der Waals surface area contributed by atoms with Crippen LogP contribution in [0.3, 0.4) is 0 Å². The largest absolute Gasteiger partial charge is 0.0750 e. The zero-order valence-electron chi connectivity index (χ0n) is 13.2. The van der Waals surface area contributed by atoms with E-state index in [0.717, 1.165) is 6.42 Å². The van der Waals surface area contributed by atoms with Crippen molar-refractivity contribution in [1.82, 2.24) is 0 Å². The van der Waals surface area contributed by atoms with Gasteiger partial charge in [0.2, 0.25) is 0 Å². The fourth-order valence-corrected chi connectivity index (χ4v) is 4.50. The summed E-state index contributed by atoms with van der Waals surface area (Å²) in [6.07, 6.45) is 3.48. The molecule has 0 heteroatoms. The fourth-order valence-electron chi connectivity index (χ4n) is 4.50. The number of allylic oxidation sites excluding steroid dienone is 2. The van der Waals surface area contributed by atoms with E-state index in [0.29, 0.717) is 0 Å². The van der Waals surface area contributed by atoms with Gasteiger partial charge in [-0.15, -0.1) is 0 Å². The number of hydrogen-bond donors (Lipinski definition) is 0. The predicted octanol–water partition coefficient (Wildman–Crippen LogP) is 5.61. The van der Waals surface area contributed by atoms with Crippen LogP contribution in [0.4, 0.5) is 0 Å². The maximum atomic E-state index is 2.43. The average Bonchev–Trinajstić information content (AvgIpc) is 3.15. The Bertz CT molecular complexity index is 914. The molecule has 0 unspecified atom stereocenters. The van der Waals surface area contributed by atoms with Gasteiger partial charge in [-0.25, -0.2) is 0 Å². The van der Waals surface area contributed by atoms with Gasteiger partial charge in [0, 0.05) is 5.41 Å². The van der Waals surface area contributed by atoms with Gasteiger partial charge >= 0.3 is 0 Å². The molecule has 0 fully saturated rings. The van der Waals surface area contributed by atoms with E-state index in [-0.39, 0.29) is 5.41 Å². The van der Waals surface area contributed by atoms with Gasteiger partial charge in [0.25, 0.3) is 0 Å². The van der Waals surface area contributed by atoms with Gasteiger partial charge in [-0.2, -0.15) is 0 Å². The van der Waals surface area contributed by atoms with Gasteiger partial charge < -0.3 is 0 Å². The second-order valence-electron chi connectivity index (χ2n) is 6.70. The predicted molar refractivity (Wildman–Crippen MR) is 96.5 cm³/mol. The van der Waals surface area contributed by atoms with E-state index >= 15 is 0 Å². The van der Waals surface area contributed by atoms with Crippen LogP contribution in [-0.2, 0) is 11.8 Å². The SMILES string of the molecule is CC1(C2=CCc3ccccc32)c2ccccc2-c2ccccc21. The lowest BCUT2D eigenvalue weighted by atomic mass is 9.72. The minimum Gasteiger partial charge on any atom is -0.0750 e. The van der Waals surface area contributed by atoms with Crippen molar-refractivity contribution in [2.24, 2.45) is 0 Å². The molecule has 0 N–H and O–H groups in total. The van der Waals surface area contributed by atoms with E-state index < -0.39 is 0 Å². The van der Waals surface area contributed by atoms with Crippen molar-refractivity contribution in [1.29, 1.82) is 0 Å². The summed E-state index contributed by atoms with van der Waals surface area (Å²) in [6, 6.07) is 26.6. The number of hydrogen-bond acceptors (Lipinski definition) is 0. The Morgan fingerprint density at radius 3 is 1.83 bits per heavy atom. The fraction of sp³-hybridized carbons (Fsp3) is 0.130. The first-order valence-electron chi connectivity index (χ1n) is 8.28. The van der Waals surface area contributed by atoms with E-state index in [4.69, 9.17) is 0 Å². The summed E-state index contributed by atoms with van der Waals surface area (Å²) in [4.78, 5) is 0. The Morgan fingerprint density at radius 1 is 0.652 bits per heavy atom. The van der Waals surface area contributed by atoms with Crippen LogP contribution < -0.4 is 0 Å². The third-order valence-electron chi connectivity index (χ3n) is 5.59. The number of fused-ring (bicyclic) bond motifs is 4. The lowest BCUT2D eigenvalue weighted by Gasteiger charge is -2.30. The molecule has 0 saturated heterocycles. The molecular weight excluding hydrogens is 276 g/mol. The summed E-state index contributed by atoms with van der Waals surface area (Å²) < 4.78 is 0. The van der Waals surface area contributed by atoms with Crippen molar-refractivity contribution in [3.63, 3.8) is 0 Å². The molecule has 5 rings (SSSR count). The molecule has 0 nitrogen and oxygen atoms in total. The van der Waals surface area contributed by atoms with E-state index in [1.54, 1.807) is 0 Å². The van der Waals surface area contributed by atoms with Crippen LogP contribution >= 0.6 is 0 Å². The number of benzene rings is 3. The molecule has 0 saturated carbocycles. The summed E-state index contributed by atoms with van der Waals surface area (Å²) in [7, 11) is 0. The highest BCUT2D eigenvalue weighted by Crippen LogP contribution is 2.56. The van der Waals surface area contributed by atoms with Crippen molar-refractivity contribution in [2.45, 2.75) is 18.8 Å². The van der Waals surface area contributed by atoms with E-state index in [1.165, 1.54) is 39.0 Å². The molecule has 0 atom stereocenters. The zero-order valence-corrected chi connectivity index (χ0v) is 13.2. The summed E-state index contributed by atoms with van der Waals surface area (Å²) in [6.45, 7) is 2.39. The highest BCUT2D eigenvalue weighted by atomic mass is 14.5. The quantitative estimate of drug-likeness (QED) is 0.547. The van der Waals surface area contributed by atoms with Gasteiger partial charge in [0.15, 0.2) is 0 Å². The molecule has 3 aromatic rings. The topological polar surface area (TPSA) is 0 Å². The van der Waals surface area contributed by atoms with Gasteiger partial charge in [0.1, 0.15) is 0 Å². The minimum atomic E-state index is -0.0558. The van der Waals surface area contributed by atoms with Gasteiger partial charge in [-0.05, 0) is 52.3 Å². The molecule has 110 valence electrons. The van der Waals surface area contributed by atoms with Gasteiger partial charge in [0.05, 0.1) is 0 Å². The van der Waals surface area contributed by atoms with Crippen molar-refractivity contribution in [2.75, 3.05) is 0 Å². The van der Waals surface area contributed by atoms with Crippen LogP contribution in [0.25, 0.3) is 16.7 Å². The smallest absolute Gasteiger partial charge is 0.0438 e. The van der Waals surface area contributed by atoms with E-state index in [9.17, 15) is 0 Å². The van der Waals surface area contributed by atoms with Crippen molar-refractivity contribution >= 4 is 5.57 Å². The van der Waals surface area contributed by atoms with E-state index in [1.807, 2.05) is 0 Å². The molecule has 2 aliphatic rings. The molecular formula is C23H18. The third kappa shape index (κ3) is 1.56. The van der Waals surface area contributed by atoms with Gasteiger partial charge in [-0.1, -0.05) is 78.9 Å². The summed E-state index contributed by atoms with van der Waals surface area (Å²) in [5, 5.41) is 0. The second kappa shape index (κ2) is 4.45. The second-order valence-corrected chi connectivity index (χ2v) is 6.70. The molecule has 3 aromatic carbocycles. The molecule has 0 radical (unpaired) electrons. The maximum Gasteiger partial charge on any atom is 0.0438 e. The first-order valence-corrected chi connectivity index (χ1v) is 8.28. The van der Waals surface area contributed by atoms with Crippen LogP contribution in [0, 0.1) is 0 Å². The summed E-state index contributed by atoms with van der Waals surface area (Å²) >= 11 is 0. The molecule has 0 bridgehead atoms. The van der Waals surface area contributed by atoms with Crippen molar-refractivity contribution in [3.8, 4) is 11.1 Å². The lowest BCUT2D eigenvalue weighted by molar-refractivity contribution is 0.771. The zero-order chi connectivity index (χ0) is 15.4. The summed E-state index contributed by atoms with van der Waals surface area (Å²) in [5.74, 6) is 0. The Hall–Kier alpha value is -2.60. The molecule has 23 heavy (non-hydrogen) atoms. The standard InChI is InChI=1S/C23H18/c1-23(22-15-14-16-8-2-3-9-17(16)22)20-12-6-4-10-18(20)19-11-5-7-13-21(19)23/h2-13,15H,14H2,1H3.